The normalized spacial score (nSPS) is 17.6. The average molecular weight is 232 g/mol. The van der Waals surface area contributed by atoms with Gasteiger partial charge in [0.2, 0.25) is 5.89 Å². The van der Waals surface area contributed by atoms with E-state index >= 15 is 0 Å². The van der Waals surface area contributed by atoms with Crippen molar-refractivity contribution in [2.24, 2.45) is 5.73 Å². The maximum Gasteiger partial charge on any atom is 0.316 e. The van der Waals surface area contributed by atoms with Crippen molar-refractivity contribution in [3.63, 3.8) is 0 Å². The SMILES string of the molecule is NCc1nnc(NC2COc3ccccc32)o1. The summed E-state index contributed by atoms with van der Waals surface area (Å²) in [7, 11) is 0. The molecule has 88 valence electrons. The summed E-state index contributed by atoms with van der Waals surface area (Å²) in [6.45, 7) is 0.798. The number of nitrogens with zero attached hydrogens (tertiary/aromatic N) is 2. The Kier molecular flexibility index (Phi) is 2.41. The Bertz CT molecular complexity index is 526. The molecule has 2 aromatic rings. The molecule has 0 saturated heterocycles. The van der Waals surface area contributed by atoms with E-state index in [-0.39, 0.29) is 12.6 Å². The van der Waals surface area contributed by atoms with Crippen molar-refractivity contribution in [3.05, 3.63) is 35.7 Å². The topological polar surface area (TPSA) is 86.2 Å². The van der Waals surface area contributed by atoms with E-state index < -0.39 is 0 Å². The van der Waals surface area contributed by atoms with Gasteiger partial charge in [-0.1, -0.05) is 23.3 Å². The van der Waals surface area contributed by atoms with Gasteiger partial charge in [0, 0.05) is 5.56 Å². The largest absolute Gasteiger partial charge is 0.491 e. The molecule has 6 nitrogen and oxygen atoms in total. The van der Waals surface area contributed by atoms with Gasteiger partial charge in [-0.3, -0.25) is 0 Å². The summed E-state index contributed by atoms with van der Waals surface area (Å²) in [6, 6.07) is 8.28. The molecular formula is C11H12N4O2. The van der Waals surface area contributed by atoms with E-state index in [4.69, 9.17) is 14.9 Å². The van der Waals surface area contributed by atoms with Crippen molar-refractivity contribution in [1.82, 2.24) is 10.2 Å². The van der Waals surface area contributed by atoms with Crippen LogP contribution in [0.2, 0.25) is 0 Å². The summed E-state index contributed by atoms with van der Waals surface area (Å²) in [5.41, 5.74) is 6.50. The number of nitrogens with one attached hydrogen (secondary N) is 1. The van der Waals surface area contributed by atoms with Crippen LogP contribution >= 0.6 is 0 Å². The number of benzene rings is 1. The number of rotatable bonds is 3. The smallest absolute Gasteiger partial charge is 0.316 e. The quantitative estimate of drug-likeness (QED) is 0.823. The molecule has 3 rings (SSSR count). The van der Waals surface area contributed by atoms with Crippen LogP contribution in [0.4, 0.5) is 6.01 Å². The predicted molar refractivity (Wildman–Crippen MR) is 60.5 cm³/mol. The number of ether oxygens (including phenoxy) is 1. The minimum absolute atomic E-state index is 0.0391. The monoisotopic (exact) mass is 232 g/mol. The van der Waals surface area contributed by atoms with E-state index in [0.29, 0.717) is 18.5 Å². The van der Waals surface area contributed by atoms with E-state index in [1.807, 2.05) is 24.3 Å². The Morgan fingerprint density at radius 3 is 3.06 bits per heavy atom. The second-order valence-electron chi connectivity index (χ2n) is 3.75. The Balaban J connectivity index is 1.79. The number of hydrogen-bond acceptors (Lipinski definition) is 6. The van der Waals surface area contributed by atoms with E-state index in [9.17, 15) is 0 Å². The Morgan fingerprint density at radius 2 is 2.24 bits per heavy atom. The van der Waals surface area contributed by atoms with Gasteiger partial charge in [-0.05, 0) is 6.07 Å². The Morgan fingerprint density at radius 1 is 1.35 bits per heavy atom. The van der Waals surface area contributed by atoms with Crippen molar-refractivity contribution in [1.29, 1.82) is 0 Å². The van der Waals surface area contributed by atoms with Crippen LogP contribution in [-0.2, 0) is 6.54 Å². The standard InChI is InChI=1S/C11H12N4O2/c12-5-10-14-15-11(17-10)13-8-6-16-9-4-2-1-3-7(8)9/h1-4,8H,5-6,12H2,(H,13,15). The molecule has 1 atom stereocenters. The molecule has 1 aliphatic rings. The molecule has 1 aromatic carbocycles. The highest BCUT2D eigenvalue weighted by molar-refractivity contribution is 5.43. The molecule has 2 heterocycles. The summed E-state index contributed by atoms with van der Waals surface area (Å²) >= 11 is 0. The second-order valence-corrected chi connectivity index (χ2v) is 3.75. The third kappa shape index (κ3) is 1.83. The Hall–Kier alpha value is -2.08. The van der Waals surface area contributed by atoms with Crippen molar-refractivity contribution in [3.8, 4) is 5.75 Å². The number of hydrogen-bond donors (Lipinski definition) is 2. The summed E-state index contributed by atoms with van der Waals surface area (Å²) < 4.78 is 10.8. The molecule has 0 spiro atoms. The predicted octanol–water partition coefficient (Wildman–Crippen LogP) is 1.07. The average Bonchev–Trinajstić information content (AvgIpc) is 2.97. The van der Waals surface area contributed by atoms with Gasteiger partial charge in [-0.2, -0.15) is 0 Å². The third-order valence-electron chi connectivity index (χ3n) is 2.64. The van der Waals surface area contributed by atoms with Crippen LogP contribution < -0.4 is 15.8 Å². The number of nitrogens with two attached hydrogens (primary N) is 1. The minimum Gasteiger partial charge on any atom is -0.491 e. The lowest BCUT2D eigenvalue weighted by Gasteiger charge is -2.08. The molecule has 0 bridgehead atoms. The summed E-state index contributed by atoms with van der Waals surface area (Å²) in [4.78, 5) is 0. The van der Waals surface area contributed by atoms with Gasteiger partial charge in [-0.15, -0.1) is 5.10 Å². The molecule has 0 radical (unpaired) electrons. The minimum atomic E-state index is 0.0391. The molecule has 6 heteroatoms. The van der Waals surface area contributed by atoms with Gasteiger partial charge < -0.3 is 20.2 Å². The number of fused-ring (bicyclic) bond motifs is 1. The van der Waals surface area contributed by atoms with Gasteiger partial charge >= 0.3 is 6.01 Å². The highest BCUT2D eigenvalue weighted by Gasteiger charge is 2.24. The number of anilines is 1. The molecule has 3 N–H and O–H groups in total. The first-order valence-electron chi connectivity index (χ1n) is 5.37. The van der Waals surface area contributed by atoms with Crippen molar-refractivity contribution in [2.75, 3.05) is 11.9 Å². The fourth-order valence-corrected chi connectivity index (χ4v) is 1.83. The fraction of sp³-hybridized carbons (Fsp3) is 0.273. The van der Waals surface area contributed by atoms with E-state index in [1.165, 1.54) is 0 Å². The number of para-hydroxylation sites is 1. The van der Waals surface area contributed by atoms with Crippen LogP contribution in [0.25, 0.3) is 0 Å². The van der Waals surface area contributed by atoms with Gasteiger partial charge in [0.05, 0.1) is 12.6 Å². The summed E-state index contributed by atoms with van der Waals surface area (Å²) in [5.74, 6) is 1.31. The summed E-state index contributed by atoms with van der Waals surface area (Å²) in [5, 5.41) is 10.8. The Labute approximate surface area is 97.8 Å². The lowest BCUT2D eigenvalue weighted by molar-refractivity contribution is 0.337. The van der Waals surface area contributed by atoms with Gasteiger partial charge in [0.1, 0.15) is 12.4 Å². The van der Waals surface area contributed by atoms with E-state index in [2.05, 4.69) is 15.5 Å². The molecule has 0 amide bonds. The van der Waals surface area contributed by atoms with Crippen molar-refractivity contribution in [2.45, 2.75) is 12.6 Å². The lowest BCUT2D eigenvalue weighted by Crippen LogP contribution is -2.12. The molecule has 0 fully saturated rings. The highest BCUT2D eigenvalue weighted by atomic mass is 16.5. The lowest BCUT2D eigenvalue weighted by atomic mass is 10.1. The van der Waals surface area contributed by atoms with Crippen LogP contribution in [0.15, 0.2) is 28.7 Å². The molecule has 1 aromatic heterocycles. The maximum absolute atomic E-state index is 5.54. The first kappa shape index (κ1) is 10.1. The molecule has 17 heavy (non-hydrogen) atoms. The molecule has 0 aliphatic carbocycles. The van der Waals surface area contributed by atoms with Crippen LogP contribution in [-0.4, -0.2) is 16.8 Å². The molecule has 1 unspecified atom stereocenters. The zero-order valence-corrected chi connectivity index (χ0v) is 9.09. The summed E-state index contributed by atoms with van der Waals surface area (Å²) in [6.07, 6.45) is 0. The van der Waals surface area contributed by atoms with Gasteiger partial charge in [0.15, 0.2) is 0 Å². The maximum atomic E-state index is 5.54. The van der Waals surface area contributed by atoms with Crippen molar-refractivity contribution < 1.29 is 9.15 Å². The highest BCUT2D eigenvalue weighted by Crippen LogP contribution is 2.33. The van der Waals surface area contributed by atoms with Gasteiger partial charge in [-0.25, -0.2) is 0 Å². The van der Waals surface area contributed by atoms with Crippen LogP contribution in [0, 0.1) is 0 Å². The van der Waals surface area contributed by atoms with Gasteiger partial charge in [0.25, 0.3) is 0 Å². The number of aromatic nitrogens is 2. The first-order chi connectivity index (χ1) is 8.36. The third-order valence-corrected chi connectivity index (χ3v) is 2.64. The first-order valence-corrected chi connectivity index (χ1v) is 5.37. The van der Waals surface area contributed by atoms with E-state index in [1.54, 1.807) is 0 Å². The zero-order chi connectivity index (χ0) is 11.7. The van der Waals surface area contributed by atoms with Crippen molar-refractivity contribution >= 4 is 6.01 Å². The van der Waals surface area contributed by atoms with Crippen LogP contribution in [0.3, 0.4) is 0 Å². The molecule has 0 saturated carbocycles. The van der Waals surface area contributed by atoms with Crippen LogP contribution in [0.1, 0.15) is 17.5 Å². The molecular weight excluding hydrogens is 220 g/mol. The van der Waals surface area contributed by atoms with Crippen LogP contribution in [0.5, 0.6) is 5.75 Å². The molecule has 1 aliphatic heterocycles. The fourth-order valence-electron chi connectivity index (χ4n) is 1.83. The second kappa shape index (κ2) is 4.06. The van der Waals surface area contributed by atoms with E-state index in [0.717, 1.165) is 11.3 Å². The zero-order valence-electron chi connectivity index (χ0n) is 9.09.